The lowest BCUT2D eigenvalue weighted by atomic mass is 9.82. The Morgan fingerprint density at radius 1 is 1.33 bits per heavy atom. The van der Waals surface area contributed by atoms with Crippen molar-refractivity contribution in [3.05, 3.63) is 0 Å². The van der Waals surface area contributed by atoms with Crippen LogP contribution in [0.3, 0.4) is 0 Å². The molecule has 5 nitrogen and oxygen atoms in total. The maximum Gasteiger partial charge on any atom is 0.310 e. The molecule has 1 rings (SSSR count). The van der Waals surface area contributed by atoms with E-state index in [1.807, 2.05) is 0 Å². The van der Waals surface area contributed by atoms with E-state index in [1.165, 1.54) is 0 Å². The molecule has 5 heteroatoms. The van der Waals surface area contributed by atoms with Gasteiger partial charge in [0.1, 0.15) is 0 Å². The summed E-state index contributed by atoms with van der Waals surface area (Å²) in [5.41, 5.74) is -0.813. The summed E-state index contributed by atoms with van der Waals surface area (Å²) in [6, 6.07) is 0. The molecule has 1 amide bonds. The quantitative estimate of drug-likeness (QED) is 0.702. The third-order valence-corrected chi connectivity index (χ3v) is 3.77. The van der Waals surface area contributed by atoms with E-state index in [0.717, 1.165) is 19.3 Å². The summed E-state index contributed by atoms with van der Waals surface area (Å²) in [4.78, 5) is 25.0. The van der Waals surface area contributed by atoms with E-state index < -0.39 is 11.4 Å². The minimum absolute atomic E-state index is 0.0737. The van der Waals surface area contributed by atoms with Crippen LogP contribution in [0.2, 0.25) is 0 Å². The van der Waals surface area contributed by atoms with Gasteiger partial charge in [0, 0.05) is 33.7 Å². The van der Waals surface area contributed by atoms with Gasteiger partial charge >= 0.3 is 5.97 Å². The van der Waals surface area contributed by atoms with Crippen molar-refractivity contribution in [3.63, 3.8) is 0 Å². The van der Waals surface area contributed by atoms with E-state index in [1.54, 1.807) is 19.1 Å². The molecule has 0 aromatic carbocycles. The summed E-state index contributed by atoms with van der Waals surface area (Å²) in [5.74, 6) is -0.894. The summed E-state index contributed by atoms with van der Waals surface area (Å²) in [7, 11) is 3.35. The lowest BCUT2D eigenvalue weighted by Crippen LogP contribution is -2.37. The molecule has 1 saturated carbocycles. The van der Waals surface area contributed by atoms with Gasteiger partial charge in [-0.15, -0.1) is 0 Å². The molecule has 0 unspecified atom stereocenters. The Hall–Kier alpha value is -1.10. The Morgan fingerprint density at radius 3 is 2.44 bits per heavy atom. The molecule has 1 aliphatic rings. The highest BCUT2D eigenvalue weighted by Crippen LogP contribution is 2.41. The van der Waals surface area contributed by atoms with Gasteiger partial charge in [-0.05, 0) is 19.3 Å². The summed E-state index contributed by atoms with van der Waals surface area (Å²) in [6.45, 7) is 1.23. The molecule has 0 bridgehead atoms. The largest absolute Gasteiger partial charge is 0.481 e. The Bertz CT molecular complexity index is 297. The first-order chi connectivity index (χ1) is 8.52. The van der Waals surface area contributed by atoms with Crippen LogP contribution in [0.1, 0.15) is 38.5 Å². The third-order valence-electron chi connectivity index (χ3n) is 3.77. The molecule has 1 aliphatic carbocycles. The normalized spacial score (nSPS) is 17.7. The summed E-state index contributed by atoms with van der Waals surface area (Å²) < 4.78 is 4.93. The molecule has 18 heavy (non-hydrogen) atoms. The maximum absolute atomic E-state index is 12.0. The van der Waals surface area contributed by atoms with Crippen LogP contribution in [0.25, 0.3) is 0 Å². The van der Waals surface area contributed by atoms with Gasteiger partial charge in [0.05, 0.1) is 5.41 Å². The Labute approximate surface area is 108 Å². The van der Waals surface area contributed by atoms with Crippen LogP contribution in [0, 0.1) is 5.41 Å². The van der Waals surface area contributed by atoms with Crippen molar-refractivity contribution in [3.8, 4) is 0 Å². The van der Waals surface area contributed by atoms with E-state index in [0.29, 0.717) is 26.0 Å². The van der Waals surface area contributed by atoms with Crippen molar-refractivity contribution >= 4 is 11.9 Å². The minimum atomic E-state index is -0.821. The van der Waals surface area contributed by atoms with Crippen LogP contribution in [0.4, 0.5) is 0 Å². The highest BCUT2D eigenvalue weighted by atomic mass is 16.5. The number of methoxy groups -OCH3 is 1. The SMILES string of the molecule is COCCCN(C)C(=O)CC1(C(=O)O)CCCC1. The first kappa shape index (κ1) is 15.0. The fourth-order valence-electron chi connectivity index (χ4n) is 2.51. The molecule has 0 radical (unpaired) electrons. The zero-order valence-electron chi connectivity index (χ0n) is 11.3. The number of amides is 1. The van der Waals surface area contributed by atoms with Crippen LogP contribution >= 0.6 is 0 Å². The second-order valence-electron chi connectivity index (χ2n) is 5.13. The van der Waals surface area contributed by atoms with Crippen molar-refractivity contribution in [1.29, 1.82) is 0 Å². The minimum Gasteiger partial charge on any atom is -0.481 e. The highest BCUT2D eigenvalue weighted by Gasteiger charge is 2.43. The van der Waals surface area contributed by atoms with Crippen molar-refractivity contribution in [1.82, 2.24) is 4.90 Å². The number of carboxylic acid groups (broad SMARTS) is 1. The topological polar surface area (TPSA) is 66.8 Å². The second-order valence-corrected chi connectivity index (χ2v) is 5.13. The number of hydrogen-bond acceptors (Lipinski definition) is 3. The number of ether oxygens (including phenoxy) is 1. The van der Waals surface area contributed by atoms with E-state index in [9.17, 15) is 14.7 Å². The van der Waals surface area contributed by atoms with E-state index >= 15 is 0 Å². The lowest BCUT2D eigenvalue weighted by molar-refractivity contribution is -0.153. The van der Waals surface area contributed by atoms with Crippen LogP contribution < -0.4 is 0 Å². The number of carbonyl (C=O) groups excluding carboxylic acids is 1. The van der Waals surface area contributed by atoms with Gasteiger partial charge in [0.2, 0.25) is 5.91 Å². The summed E-state index contributed by atoms with van der Waals surface area (Å²) in [5, 5.41) is 9.32. The average Bonchev–Trinajstić information content (AvgIpc) is 2.79. The Kier molecular flexibility index (Phi) is 5.59. The number of rotatable bonds is 7. The molecule has 0 aromatic heterocycles. The van der Waals surface area contributed by atoms with Crippen LogP contribution in [0.15, 0.2) is 0 Å². The molecular weight excluding hydrogens is 234 g/mol. The lowest BCUT2D eigenvalue weighted by Gasteiger charge is -2.26. The third kappa shape index (κ3) is 3.70. The number of hydrogen-bond donors (Lipinski definition) is 1. The van der Waals surface area contributed by atoms with Crippen LogP contribution in [0.5, 0.6) is 0 Å². The highest BCUT2D eigenvalue weighted by molar-refractivity contribution is 5.85. The second kappa shape index (κ2) is 6.73. The molecule has 0 spiro atoms. The van der Waals surface area contributed by atoms with Crippen molar-refractivity contribution < 1.29 is 19.4 Å². The zero-order valence-corrected chi connectivity index (χ0v) is 11.3. The van der Waals surface area contributed by atoms with E-state index in [2.05, 4.69) is 0 Å². The predicted molar refractivity (Wildman–Crippen MR) is 67.3 cm³/mol. The molecule has 0 atom stereocenters. The van der Waals surface area contributed by atoms with E-state index in [4.69, 9.17) is 4.74 Å². The van der Waals surface area contributed by atoms with Crippen LogP contribution in [-0.2, 0) is 14.3 Å². The van der Waals surface area contributed by atoms with E-state index in [-0.39, 0.29) is 12.3 Å². The molecule has 0 heterocycles. The molecule has 104 valence electrons. The van der Waals surface area contributed by atoms with Crippen molar-refractivity contribution in [2.75, 3.05) is 27.3 Å². The number of carbonyl (C=O) groups is 2. The first-order valence-electron chi connectivity index (χ1n) is 6.48. The van der Waals surface area contributed by atoms with Gasteiger partial charge in [-0.3, -0.25) is 9.59 Å². The Morgan fingerprint density at radius 2 is 1.94 bits per heavy atom. The molecule has 1 N–H and O–H groups in total. The smallest absolute Gasteiger partial charge is 0.310 e. The number of aliphatic carboxylic acids is 1. The van der Waals surface area contributed by atoms with Crippen molar-refractivity contribution in [2.24, 2.45) is 5.41 Å². The van der Waals surface area contributed by atoms with Gasteiger partial charge < -0.3 is 14.7 Å². The van der Waals surface area contributed by atoms with Gasteiger partial charge in [-0.25, -0.2) is 0 Å². The van der Waals surface area contributed by atoms with Gasteiger partial charge in [-0.1, -0.05) is 12.8 Å². The first-order valence-corrected chi connectivity index (χ1v) is 6.48. The van der Waals surface area contributed by atoms with Gasteiger partial charge in [0.25, 0.3) is 0 Å². The maximum atomic E-state index is 12.0. The molecule has 0 saturated heterocycles. The molecule has 1 fully saturated rings. The van der Waals surface area contributed by atoms with Gasteiger partial charge in [0.15, 0.2) is 0 Å². The van der Waals surface area contributed by atoms with Crippen molar-refractivity contribution in [2.45, 2.75) is 38.5 Å². The van der Waals surface area contributed by atoms with Crippen LogP contribution in [-0.4, -0.2) is 49.2 Å². The molecule has 0 aliphatic heterocycles. The Balaban J connectivity index is 2.49. The zero-order chi connectivity index (χ0) is 13.6. The molecule has 0 aromatic rings. The monoisotopic (exact) mass is 257 g/mol. The summed E-state index contributed by atoms with van der Waals surface area (Å²) >= 11 is 0. The number of carboxylic acids is 1. The van der Waals surface area contributed by atoms with Gasteiger partial charge in [-0.2, -0.15) is 0 Å². The predicted octanol–water partition coefficient (Wildman–Crippen LogP) is 1.52. The standard InChI is InChI=1S/C13H23NO4/c1-14(8-5-9-18-2)11(15)10-13(12(16)17)6-3-4-7-13/h3-10H2,1-2H3,(H,16,17). The molecular formula is C13H23NO4. The average molecular weight is 257 g/mol. The summed E-state index contributed by atoms with van der Waals surface area (Å²) in [6.07, 6.45) is 3.98. The fraction of sp³-hybridized carbons (Fsp3) is 0.846. The fourth-order valence-corrected chi connectivity index (χ4v) is 2.51. The number of nitrogens with zero attached hydrogens (tertiary/aromatic N) is 1.